The van der Waals surface area contributed by atoms with E-state index in [0.717, 1.165) is 21.3 Å². The van der Waals surface area contributed by atoms with E-state index in [1.165, 1.54) is 41.3 Å². The first-order valence-corrected chi connectivity index (χ1v) is 10.2. The van der Waals surface area contributed by atoms with Gasteiger partial charge in [-0.2, -0.15) is 0 Å². The number of aryl methyl sites for hydroxylation is 1. The lowest BCUT2D eigenvalue weighted by atomic mass is 9.62. The largest absolute Gasteiger partial charge is 0.411 e. The van der Waals surface area contributed by atoms with Crippen molar-refractivity contribution in [2.24, 2.45) is 5.16 Å². The summed E-state index contributed by atoms with van der Waals surface area (Å²) in [6, 6.07) is 8.79. The van der Waals surface area contributed by atoms with E-state index >= 15 is 0 Å². The molecule has 0 spiro atoms. The molecule has 0 bridgehead atoms. The van der Waals surface area contributed by atoms with Gasteiger partial charge in [-0.15, -0.1) is 0 Å². The third-order valence-corrected chi connectivity index (χ3v) is 6.68. The van der Waals surface area contributed by atoms with E-state index in [0.29, 0.717) is 0 Å². The third kappa shape index (κ3) is 3.52. The Kier molecular flexibility index (Phi) is 5.15. The molecule has 0 saturated carbocycles. The molecule has 27 heavy (non-hydrogen) atoms. The van der Waals surface area contributed by atoms with Crippen LogP contribution in [0.2, 0.25) is 0 Å². The molecule has 0 amide bonds. The highest BCUT2D eigenvalue weighted by Crippen LogP contribution is 2.48. The smallest absolute Gasteiger partial charge is 0.0734 e. The van der Waals surface area contributed by atoms with E-state index in [1.54, 1.807) is 0 Å². The minimum absolute atomic E-state index is 0.161. The Morgan fingerprint density at radius 1 is 1.00 bits per heavy atom. The molecule has 1 aliphatic carbocycles. The third-order valence-electron chi connectivity index (χ3n) is 6.06. The predicted molar refractivity (Wildman–Crippen MR) is 119 cm³/mol. The number of nitrogens with zero attached hydrogens (tertiary/aromatic N) is 1. The highest BCUT2D eigenvalue weighted by Gasteiger charge is 2.37. The van der Waals surface area contributed by atoms with Gasteiger partial charge in [0.05, 0.1) is 11.9 Å². The Balaban J connectivity index is 2.31. The zero-order valence-corrected chi connectivity index (χ0v) is 18.7. The van der Waals surface area contributed by atoms with Gasteiger partial charge in [-0.3, -0.25) is 0 Å². The van der Waals surface area contributed by atoms with Gasteiger partial charge >= 0.3 is 0 Å². The first-order valence-electron chi connectivity index (χ1n) is 9.45. The molecule has 2 aromatic rings. The molecule has 0 atom stereocenters. The Morgan fingerprint density at radius 3 is 2.15 bits per heavy atom. The molecule has 1 aliphatic rings. The Labute approximate surface area is 171 Å². The van der Waals surface area contributed by atoms with E-state index in [2.05, 4.69) is 79.2 Å². The fourth-order valence-corrected chi connectivity index (χ4v) is 4.92. The van der Waals surface area contributed by atoms with Crippen molar-refractivity contribution < 1.29 is 5.21 Å². The van der Waals surface area contributed by atoms with Gasteiger partial charge in [-0.05, 0) is 92.5 Å². The van der Waals surface area contributed by atoms with Crippen LogP contribution in [0.1, 0.15) is 62.8 Å². The summed E-state index contributed by atoms with van der Waals surface area (Å²) < 4.78 is 0.953. The summed E-state index contributed by atoms with van der Waals surface area (Å²) in [5, 5.41) is 15.5. The molecule has 0 heterocycles. The first-order chi connectivity index (χ1) is 12.6. The van der Waals surface area contributed by atoms with Crippen molar-refractivity contribution in [1.82, 2.24) is 0 Å². The molecule has 2 aromatic carbocycles. The van der Waals surface area contributed by atoms with E-state index in [1.807, 2.05) is 13.1 Å². The number of hydrogen-bond donors (Lipinski definition) is 2. The molecular weight excluding hydrogens is 400 g/mol. The summed E-state index contributed by atoms with van der Waals surface area (Å²) in [4.78, 5) is 0. The summed E-state index contributed by atoms with van der Waals surface area (Å²) in [6.07, 6.45) is 3.87. The van der Waals surface area contributed by atoms with Crippen LogP contribution in [0, 0.1) is 6.92 Å². The highest BCUT2D eigenvalue weighted by atomic mass is 79.9. The average molecular weight is 429 g/mol. The van der Waals surface area contributed by atoms with Gasteiger partial charge in [-0.25, -0.2) is 0 Å². The Hall–Kier alpha value is -1.81. The second-order valence-corrected chi connectivity index (χ2v) is 9.75. The van der Waals surface area contributed by atoms with Crippen LogP contribution in [0.4, 0.5) is 5.69 Å². The monoisotopic (exact) mass is 428 g/mol. The van der Waals surface area contributed by atoms with Crippen molar-refractivity contribution in [3.63, 3.8) is 0 Å². The van der Waals surface area contributed by atoms with E-state index in [4.69, 9.17) is 5.21 Å². The molecule has 2 N–H and O–H groups in total. The normalized spacial score (nSPS) is 17.7. The lowest BCUT2D eigenvalue weighted by Gasteiger charge is -2.42. The van der Waals surface area contributed by atoms with Crippen LogP contribution in [0.5, 0.6) is 0 Å². The number of hydrogen-bond acceptors (Lipinski definition) is 3. The molecule has 3 rings (SSSR count). The van der Waals surface area contributed by atoms with Gasteiger partial charge in [0.1, 0.15) is 0 Å². The van der Waals surface area contributed by atoms with Gasteiger partial charge in [0.2, 0.25) is 0 Å². The molecule has 0 unspecified atom stereocenters. The standard InChI is InChI=1S/C23H29BrN2O/c1-14-9-18-19(23(4,5)8-7-22(18,2)3)12-16(14)17-10-15(13-26-27)11-20(24)21(17)25-6/h9-13,25,27H,7-8H2,1-6H3. The summed E-state index contributed by atoms with van der Waals surface area (Å²) in [5.41, 5.74) is 8.77. The second-order valence-electron chi connectivity index (χ2n) is 8.90. The van der Waals surface area contributed by atoms with Crippen molar-refractivity contribution in [2.45, 2.75) is 58.3 Å². The SMILES string of the molecule is CNc1c(Br)cc(C=NO)cc1-c1cc2c(cc1C)C(C)(C)CCC2(C)C. The second kappa shape index (κ2) is 6.97. The van der Waals surface area contributed by atoms with Crippen molar-refractivity contribution in [3.8, 4) is 11.1 Å². The van der Waals surface area contributed by atoms with Gasteiger partial charge < -0.3 is 10.5 Å². The van der Waals surface area contributed by atoms with Crippen molar-refractivity contribution >= 4 is 27.8 Å². The zero-order valence-electron chi connectivity index (χ0n) is 17.1. The average Bonchev–Trinajstić information content (AvgIpc) is 2.59. The molecular formula is C23H29BrN2O. The maximum atomic E-state index is 8.98. The van der Waals surface area contributed by atoms with Crippen LogP contribution in [0.15, 0.2) is 33.9 Å². The topological polar surface area (TPSA) is 44.6 Å². The molecule has 144 valence electrons. The van der Waals surface area contributed by atoms with E-state index in [9.17, 15) is 0 Å². The molecule has 4 heteroatoms. The summed E-state index contributed by atoms with van der Waals surface area (Å²) in [7, 11) is 1.93. The Morgan fingerprint density at radius 2 is 1.59 bits per heavy atom. The number of anilines is 1. The van der Waals surface area contributed by atoms with Gasteiger partial charge in [0.15, 0.2) is 0 Å². The van der Waals surface area contributed by atoms with Crippen molar-refractivity contribution in [1.29, 1.82) is 0 Å². The number of oxime groups is 1. The van der Waals surface area contributed by atoms with Crippen molar-refractivity contribution in [3.05, 3.63) is 51.0 Å². The maximum Gasteiger partial charge on any atom is 0.0734 e. The number of nitrogens with one attached hydrogen (secondary N) is 1. The van der Waals surface area contributed by atoms with Crippen LogP contribution in [-0.4, -0.2) is 18.5 Å². The van der Waals surface area contributed by atoms with Crippen LogP contribution in [0.3, 0.4) is 0 Å². The van der Waals surface area contributed by atoms with E-state index in [-0.39, 0.29) is 10.8 Å². The van der Waals surface area contributed by atoms with Crippen LogP contribution < -0.4 is 5.32 Å². The summed E-state index contributed by atoms with van der Waals surface area (Å²) >= 11 is 3.66. The maximum absolute atomic E-state index is 8.98. The van der Waals surface area contributed by atoms with E-state index < -0.39 is 0 Å². The van der Waals surface area contributed by atoms with Crippen LogP contribution in [0.25, 0.3) is 11.1 Å². The number of benzene rings is 2. The molecule has 0 radical (unpaired) electrons. The van der Waals surface area contributed by atoms with Crippen LogP contribution in [-0.2, 0) is 10.8 Å². The molecule has 0 aliphatic heterocycles. The molecule has 0 fully saturated rings. The van der Waals surface area contributed by atoms with Gasteiger partial charge in [-0.1, -0.05) is 38.9 Å². The fraction of sp³-hybridized carbons (Fsp3) is 0.435. The summed E-state index contributed by atoms with van der Waals surface area (Å²) in [5.74, 6) is 0. The highest BCUT2D eigenvalue weighted by molar-refractivity contribution is 9.10. The van der Waals surface area contributed by atoms with Crippen molar-refractivity contribution in [2.75, 3.05) is 12.4 Å². The first kappa shape index (κ1) is 19.9. The van der Waals surface area contributed by atoms with Gasteiger partial charge in [0, 0.05) is 17.1 Å². The Bertz CT molecular complexity index is 913. The zero-order chi connectivity index (χ0) is 20.0. The number of rotatable bonds is 3. The predicted octanol–water partition coefficient (Wildman–Crippen LogP) is 6.62. The van der Waals surface area contributed by atoms with Crippen LogP contribution >= 0.6 is 15.9 Å². The number of fused-ring (bicyclic) bond motifs is 1. The quantitative estimate of drug-likeness (QED) is 0.327. The lowest BCUT2D eigenvalue weighted by molar-refractivity contribution is 0.322. The summed E-state index contributed by atoms with van der Waals surface area (Å²) in [6.45, 7) is 11.6. The lowest BCUT2D eigenvalue weighted by Crippen LogP contribution is -2.34. The van der Waals surface area contributed by atoms with Gasteiger partial charge in [0.25, 0.3) is 0 Å². The number of halogens is 1. The molecule has 0 aromatic heterocycles. The molecule has 3 nitrogen and oxygen atoms in total. The molecule has 0 saturated heterocycles. The minimum Gasteiger partial charge on any atom is -0.411 e. The minimum atomic E-state index is 0.161. The fourth-order valence-electron chi connectivity index (χ4n) is 4.25.